The van der Waals surface area contributed by atoms with Crippen LogP contribution in [0, 0.1) is 29.1 Å². The average Bonchev–Trinajstić information content (AvgIpc) is 3.26. The predicted octanol–water partition coefficient (Wildman–Crippen LogP) is 1.98. The van der Waals surface area contributed by atoms with Crippen molar-refractivity contribution in [2.24, 2.45) is 15.9 Å². The first kappa shape index (κ1) is 16.1. The first-order valence-electron chi connectivity index (χ1n) is 9.11. The molecule has 8 heteroatoms. The molecule has 1 aliphatic heterocycles. The van der Waals surface area contributed by atoms with Crippen LogP contribution in [-0.2, 0) is 11.3 Å². The van der Waals surface area contributed by atoms with Gasteiger partial charge in [-0.2, -0.15) is 15.5 Å². The van der Waals surface area contributed by atoms with Crippen LogP contribution in [0.25, 0.3) is 0 Å². The number of nitrogens with zero attached hydrogens (tertiary/aromatic N) is 7. The molecule has 4 aliphatic rings. The van der Waals surface area contributed by atoms with E-state index >= 15 is 0 Å². The third-order valence-corrected chi connectivity index (χ3v) is 6.03. The van der Waals surface area contributed by atoms with Gasteiger partial charge >= 0.3 is 0 Å². The lowest BCUT2D eigenvalue weighted by Gasteiger charge is -2.69. The van der Waals surface area contributed by atoms with E-state index in [1.807, 2.05) is 23.9 Å². The van der Waals surface area contributed by atoms with Crippen LogP contribution in [0.1, 0.15) is 48.8 Å². The van der Waals surface area contributed by atoms with Crippen LogP contribution in [0.4, 0.5) is 0 Å². The average molecular weight is 361 g/mol. The molecule has 8 nitrogen and oxygen atoms in total. The fourth-order valence-corrected chi connectivity index (χ4v) is 4.92. The topological polar surface area (TPSA) is 100 Å². The summed E-state index contributed by atoms with van der Waals surface area (Å²) in [4.78, 5) is 21.9. The minimum absolute atomic E-state index is 0.101. The van der Waals surface area contributed by atoms with E-state index in [2.05, 4.69) is 20.2 Å². The molecule has 0 aromatic carbocycles. The summed E-state index contributed by atoms with van der Waals surface area (Å²) in [5.41, 5.74) is 1.92. The number of nitriles is 1. The van der Waals surface area contributed by atoms with E-state index in [4.69, 9.17) is 5.26 Å². The molecule has 2 bridgehead atoms. The second kappa shape index (κ2) is 5.46. The molecular formula is C19H19N7O. The molecule has 136 valence electrons. The molecule has 2 aromatic heterocycles. The van der Waals surface area contributed by atoms with Crippen LogP contribution in [0.5, 0.6) is 0 Å². The maximum absolute atomic E-state index is 13.2. The van der Waals surface area contributed by atoms with Gasteiger partial charge in [0.1, 0.15) is 12.1 Å². The molecule has 0 N–H and O–H groups in total. The Balaban J connectivity index is 1.27. The summed E-state index contributed by atoms with van der Waals surface area (Å²) >= 11 is 0. The molecule has 1 atom stereocenters. The van der Waals surface area contributed by atoms with E-state index < -0.39 is 0 Å². The van der Waals surface area contributed by atoms with Crippen molar-refractivity contribution in [2.75, 3.05) is 0 Å². The zero-order valence-corrected chi connectivity index (χ0v) is 15.0. The van der Waals surface area contributed by atoms with Gasteiger partial charge in [0.25, 0.3) is 0 Å². The minimum Gasteiger partial charge on any atom is -0.272 e. The van der Waals surface area contributed by atoms with Crippen LogP contribution in [0.2, 0.25) is 0 Å². The minimum atomic E-state index is -0.288. The summed E-state index contributed by atoms with van der Waals surface area (Å²) in [6.07, 6.45) is 10.4. The molecule has 0 saturated heterocycles. The Morgan fingerprint density at radius 3 is 2.81 bits per heavy atom. The number of aromatic nitrogens is 4. The van der Waals surface area contributed by atoms with Crippen LogP contribution in [0.15, 0.2) is 29.8 Å². The summed E-state index contributed by atoms with van der Waals surface area (Å²) in [5.74, 6) is 0.101. The zero-order valence-electron chi connectivity index (χ0n) is 15.0. The van der Waals surface area contributed by atoms with Crippen LogP contribution >= 0.6 is 0 Å². The van der Waals surface area contributed by atoms with E-state index in [1.54, 1.807) is 29.7 Å². The van der Waals surface area contributed by atoms with Crippen molar-refractivity contribution in [3.8, 4) is 6.07 Å². The summed E-state index contributed by atoms with van der Waals surface area (Å²) in [6, 6.07) is 3.62. The van der Waals surface area contributed by atoms with E-state index in [0.29, 0.717) is 12.1 Å². The second-order valence-electron chi connectivity index (χ2n) is 8.10. The lowest BCUT2D eigenvalue weighted by atomic mass is 9.34. The second-order valence-corrected chi connectivity index (χ2v) is 8.10. The third-order valence-electron chi connectivity index (χ3n) is 6.03. The van der Waals surface area contributed by atoms with E-state index in [1.165, 1.54) is 0 Å². The summed E-state index contributed by atoms with van der Waals surface area (Å²) in [5, 5.41) is 19.1. The van der Waals surface area contributed by atoms with Crippen molar-refractivity contribution < 1.29 is 4.79 Å². The van der Waals surface area contributed by atoms with Gasteiger partial charge in [-0.05, 0) is 37.7 Å². The van der Waals surface area contributed by atoms with Crippen LogP contribution < -0.4 is 0 Å². The largest absolute Gasteiger partial charge is 0.272 e. The smallest absolute Gasteiger partial charge is 0.249 e. The number of carbonyl (C=O) groups excluding carboxylic acids is 1. The van der Waals surface area contributed by atoms with E-state index in [9.17, 15) is 4.79 Å². The van der Waals surface area contributed by atoms with Crippen molar-refractivity contribution in [3.05, 3.63) is 41.7 Å². The number of hydrogen-bond acceptors (Lipinski definition) is 6. The quantitative estimate of drug-likeness (QED) is 0.829. The van der Waals surface area contributed by atoms with Gasteiger partial charge in [-0.25, -0.2) is 5.01 Å². The molecule has 0 spiro atoms. The number of amides is 1. The van der Waals surface area contributed by atoms with Gasteiger partial charge in [-0.1, -0.05) is 0 Å². The third kappa shape index (κ3) is 2.38. The molecule has 3 fully saturated rings. The van der Waals surface area contributed by atoms with Gasteiger partial charge in [0.2, 0.25) is 5.91 Å². The summed E-state index contributed by atoms with van der Waals surface area (Å²) < 4.78 is 1.82. The van der Waals surface area contributed by atoms with E-state index in [-0.39, 0.29) is 22.8 Å². The normalized spacial score (nSPS) is 30.5. The molecule has 1 unspecified atom stereocenters. The molecule has 6 rings (SSSR count). The van der Waals surface area contributed by atoms with Gasteiger partial charge in [0.15, 0.2) is 5.69 Å². The Morgan fingerprint density at radius 1 is 1.33 bits per heavy atom. The Bertz CT molecular complexity index is 964. The Labute approximate surface area is 156 Å². The van der Waals surface area contributed by atoms with Crippen LogP contribution in [0.3, 0.4) is 0 Å². The first-order chi connectivity index (χ1) is 13.0. The monoisotopic (exact) mass is 361 g/mol. The highest BCUT2D eigenvalue weighted by molar-refractivity contribution is 5.88. The molecule has 3 heterocycles. The van der Waals surface area contributed by atoms with Crippen molar-refractivity contribution in [3.63, 3.8) is 0 Å². The standard InChI is InChI=1S/C19H19N7O/c1-13-7-22-15(8-21-13)16-2-4-23-26(16)17(27)19-9-18(10-19,11-19)12-25-5-3-14(6-20)24-25/h3-5,7-8,16H,2,9-12H2,1H3. The molecule has 3 aliphatic carbocycles. The molecule has 27 heavy (non-hydrogen) atoms. The van der Waals surface area contributed by atoms with E-state index in [0.717, 1.165) is 37.2 Å². The zero-order chi connectivity index (χ0) is 18.6. The highest BCUT2D eigenvalue weighted by atomic mass is 16.2. The van der Waals surface area contributed by atoms with Gasteiger partial charge in [-0.3, -0.25) is 19.4 Å². The Hall–Kier alpha value is -3.08. The van der Waals surface area contributed by atoms with Crippen molar-refractivity contribution >= 4 is 12.1 Å². The Morgan fingerprint density at radius 2 is 2.15 bits per heavy atom. The Kier molecular flexibility index (Phi) is 3.26. The molecular weight excluding hydrogens is 342 g/mol. The fraction of sp³-hybridized carbons (Fsp3) is 0.474. The highest BCUT2D eigenvalue weighted by Gasteiger charge is 2.72. The van der Waals surface area contributed by atoms with Crippen LogP contribution in [-0.4, -0.2) is 36.9 Å². The summed E-state index contributed by atoms with van der Waals surface area (Å²) in [6.45, 7) is 2.66. The lowest BCUT2D eigenvalue weighted by Crippen LogP contribution is -2.68. The van der Waals surface area contributed by atoms with Gasteiger partial charge in [0, 0.05) is 31.6 Å². The molecule has 0 radical (unpaired) electrons. The van der Waals surface area contributed by atoms with Gasteiger partial charge < -0.3 is 0 Å². The number of rotatable bonds is 4. The number of hydrazone groups is 1. The van der Waals surface area contributed by atoms with Crippen molar-refractivity contribution in [1.82, 2.24) is 24.8 Å². The maximum Gasteiger partial charge on any atom is 0.249 e. The molecule has 3 saturated carbocycles. The maximum atomic E-state index is 13.2. The van der Waals surface area contributed by atoms with Gasteiger partial charge in [0.05, 0.1) is 23.0 Å². The number of carbonyl (C=O) groups is 1. The molecule has 2 aromatic rings. The van der Waals surface area contributed by atoms with Crippen molar-refractivity contribution in [1.29, 1.82) is 5.26 Å². The predicted molar refractivity (Wildman–Crippen MR) is 95.1 cm³/mol. The lowest BCUT2D eigenvalue weighted by molar-refractivity contribution is -0.223. The first-order valence-corrected chi connectivity index (χ1v) is 9.11. The van der Waals surface area contributed by atoms with Gasteiger partial charge in [-0.15, -0.1) is 0 Å². The van der Waals surface area contributed by atoms with Crippen molar-refractivity contribution in [2.45, 2.75) is 45.2 Å². The molecule has 1 amide bonds. The highest BCUT2D eigenvalue weighted by Crippen LogP contribution is 2.74. The SMILES string of the molecule is Cc1cnc(C2CC=NN2C(=O)C23CC(Cn4ccc(C#N)n4)(C2)C3)cn1. The number of aryl methyl sites for hydroxylation is 1. The summed E-state index contributed by atoms with van der Waals surface area (Å²) in [7, 11) is 0. The fourth-order valence-electron chi connectivity index (χ4n) is 4.92. The number of hydrogen-bond donors (Lipinski definition) is 0.